The maximum Gasteiger partial charge on any atom is 0.293 e. The van der Waals surface area contributed by atoms with Gasteiger partial charge in [0.15, 0.2) is 5.78 Å². The zero-order valence-electron chi connectivity index (χ0n) is 19.7. The van der Waals surface area contributed by atoms with Crippen molar-refractivity contribution in [1.29, 1.82) is 0 Å². The number of carbonyl (C=O) groups is 3. The lowest BCUT2D eigenvalue weighted by atomic mass is 9.75. The topological polar surface area (TPSA) is 101 Å². The van der Waals surface area contributed by atoms with Crippen LogP contribution >= 0.6 is 11.8 Å². The quantitative estimate of drug-likeness (QED) is 0.377. The van der Waals surface area contributed by atoms with Gasteiger partial charge in [0, 0.05) is 17.8 Å². The Hall–Kier alpha value is -2.91. The van der Waals surface area contributed by atoms with Gasteiger partial charge in [-0.25, -0.2) is 8.42 Å². The maximum absolute atomic E-state index is 12.9. The molecule has 1 heterocycles. The summed E-state index contributed by atoms with van der Waals surface area (Å²) in [6.45, 7) is 4.01. The number of benzene rings is 2. The standard InChI is InChI=1S/C26H28N2O5S2/c1-18(29)20-8-12-22(13-9-20)35(32,33)27-21-10-6-19(7-11-21)16-23-24(30)28(25(31)34-23)17-26(2)14-4-3-5-15-26/h6-13,16,27H,3-5,14-15,17H2,1-2H3/b23-16-. The van der Waals surface area contributed by atoms with E-state index in [0.29, 0.717) is 28.3 Å². The van der Waals surface area contributed by atoms with Crippen LogP contribution in [0.4, 0.5) is 10.5 Å². The number of ketones is 1. The highest BCUT2D eigenvalue weighted by molar-refractivity contribution is 8.18. The SMILES string of the molecule is CC(=O)c1ccc(S(=O)(=O)Nc2ccc(/C=C3\SC(=O)N(CC4(C)CCCCC4)C3=O)cc2)cc1. The van der Waals surface area contributed by atoms with Crippen molar-refractivity contribution in [3.63, 3.8) is 0 Å². The Balaban J connectivity index is 1.44. The lowest BCUT2D eigenvalue weighted by Gasteiger charge is -2.35. The van der Waals surface area contributed by atoms with Crippen LogP contribution in [0.25, 0.3) is 6.08 Å². The van der Waals surface area contributed by atoms with Crippen LogP contribution in [0.2, 0.25) is 0 Å². The predicted octanol–water partition coefficient (Wildman–Crippen LogP) is 5.70. The van der Waals surface area contributed by atoms with Crippen molar-refractivity contribution in [1.82, 2.24) is 4.90 Å². The number of nitrogens with one attached hydrogen (secondary N) is 1. The van der Waals surface area contributed by atoms with Crippen molar-refractivity contribution < 1.29 is 22.8 Å². The Morgan fingerprint density at radius 2 is 1.66 bits per heavy atom. The van der Waals surface area contributed by atoms with E-state index in [0.717, 1.165) is 37.4 Å². The van der Waals surface area contributed by atoms with Crippen molar-refractivity contribution in [2.75, 3.05) is 11.3 Å². The number of thioether (sulfide) groups is 1. The minimum Gasteiger partial charge on any atom is -0.295 e. The molecule has 0 aromatic heterocycles. The molecule has 2 amide bonds. The molecule has 1 aliphatic heterocycles. The third-order valence-electron chi connectivity index (χ3n) is 6.51. The van der Waals surface area contributed by atoms with Crippen LogP contribution in [-0.4, -0.2) is 36.8 Å². The Labute approximate surface area is 210 Å². The summed E-state index contributed by atoms with van der Waals surface area (Å²) in [5.41, 5.74) is 1.46. The highest BCUT2D eigenvalue weighted by Crippen LogP contribution is 2.40. The van der Waals surface area contributed by atoms with E-state index in [1.165, 1.54) is 42.5 Å². The number of amides is 2. The number of hydrogen-bond donors (Lipinski definition) is 1. The molecule has 0 unspecified atom stereocenters. The summed E-state index contributed by atoms with van der Waals surface area (Å²) in [6, 6.07) is 12.3. The molecule has 1 saturated heterocycles. The molecule has 2 fully saturated rings. The first-order valence-corrected chi connectivity index (χ1v) is 13.9. The van der Waals surface area contributed by atoms with Gasteiger partial charge < -0.3 is 0 Å². The van der Waals surface area contributed by atoms with Gasteiger partial charge in [-0.05, 0) is 72.8 Å². The fourth-order valence-electron chi connectivity index (χ4n) is 4.46. The van der Waals surface area contributed by atoms with E-state index in [4.69, 9.17) is 0 Å². The van der Waals surface area contributed by atoms with Crippen molar-refractivity contribution in [3.8, 4) is 0 Å². The molecule has 4 rings (SSSR count). The zero-order chi connectivity index (χ0) is 25.2. The van der Waals surface area contributed by atoms with Gasteiger partial charge in [0.25, 0.3) is 21.2 Å². The molecule has 0 bridgehead atoms. The fraction of sp³-hybridized carbons (Fsp3) is 0.346. The molecule has 7 nitrogen and oxygen atoms in total. The minimum absolute atomic E-state index is 0.0230. The van der Waals surface area contributed by atoms with E-state index in [1.54, 1.807) is 30.3 Å². The molecule has 2 aromatic carbocycles. The van der Waals surface area contributed by atoms with Crippen LogP contribution in [0.1, 0.15) is 61.9 Å². The van der Waals surface area contributed by atoms with Crippen LogP contribution in [0.5, 0.6) is 0 Å². The second-order valence-electron chi connectivity index (χ2n) is 9.45. The zero-order valence-corrected chi connectivity index (χ0v) is 21.4. The number of sulfonamides is 1. The van der Waals surface area contributed by atoms with Crippen LogP contribution in [-0.2, 0) is 14.8 Å². The molecule has 35 heavy (non-hydrogen) atoms. The van der Waals surface area contributed by atoms with Gasteiger partial charge in [0.1, 0.15) is 0 Å². The van der Waals surface area contributed by atoms with E-state index < -0.39 is 10.0 Å². The molecular weight excluding hydrogens is 484 g/mol. The van der Waals surface area contributed by atoms with Crippen molar-refractivity contribution in [2.45, 2.75) is 50.8 Å². The Morgan fingerprint density at radius 3 is 2.26 bits per heavy atom. The highest BCUT2D eigenvalue weighted by Gasteiger charge is 2.40. The van der Waals surface area contributed by atoms with Crippen LogP contribution in [0.15, 0.2) is 58.3 Å². The third-order valence-corrected chi connectivity index (χ3v) is 8.81. The fourth-order valence-corrected chi connectivity index (χ4v) is 6.36. The molecule has 184 valence electrons. The number of imide groups is 1. The largest absolute Gasteiger partial charge is 0.295 e. The lowest BCUT2D eigenvalue weighted by molar-refractivity contribution is -0.124. The first kappa shape index (κ1) is 25.2. The smallest absolute Gasteiger partial charge is 0.293 e. The summed E-state index contributed by atoms with van der Waals surface area (Å²) in [7, 11) is -3.82. The summed E-state index contributed by atoms with van der Waals surface area (Å²) in [4.78, 5) is 38.6. The summed E-state index contributed by atoms with van der Waals surface area (Å²) in [5.74, 6) is -0.413. The van der Waals surface area contributed by atoms with Gasteiger partial charge in [-0.15, -0.1) is 0 Å². The number of anilines is 1. The van der Waals surface area contributed by atoms with E-state index in [1.807, 2.05) is 0 Å². The predicted molar refractivity (Wildman–Crippen MR) is 138 cm³/mol. The molecule has 0 spiro atoms. The van der Waals surface area contributed by atoms with Gasteiger partial charge in [-0.2, -0.15) is 0 Å². The van der Waals surface area contributed by atoms with Crippen LogP contribution in [0, 0.1) is 5.41 Å². The summed E-state index contributed by atoms with van der Waals surface area (Å²) < 4.78 is 27.8. The van der Waals surface area contributed by atoms with Crippen LogP contribution < -0.4 is 4.72 Å². The summed E-state index contributed by atoms with van der Waals surface area (Å²) in [6.07, 6.45) is 7.16. The lowest BCUT2D eigenvalue weighted by Crippen LogP contribution is -2.39. The van der Waals surface area contributed by atoms with Crippen molar-refractivity contribution in [2.24, 2.45) is 5.41 Å². The highest BCUT2D eigenvalue weighted by atomic mass is 32.2. The van der Waals surface area contributed by atoms with Gasteiger partial charge in [0.2, 0.25) is 0 Å². The number of carbonyl (C=O) groups excluding carboxylic acids is 3. The van der Waals surface area contributed by atoms with E-state index in [9.17, 15) is 22.8 Å². The minimum atomic E-state index is -3.82. The van der Waals surface area contributed by atoms with E-state index in [2.05, 4.69) is 11.6 Å². The van der Waals surface area contributed by atoms with Gasteiger partial charge in [-0.1, -0.05) is 50.5 Å². The molecule has 9 heteroatoms. The Morgan fingerprint density at radius 1 is 1.03 bits per heavy atom. The van der Waals surface area contributed by atoms with Gasteiger partial charge in [0.05, 0.1) is 9.80 Å². The normalized spacial score (nSPS) is 19.3. The van der Waals surface area contributed by atoms with Crippen LogP contribution in [0.3, 0.4) is 0 Å². The second-order valence-corrected chi connectivity index (χ2v) is 12.1. The van der Waals surface area contributed by atoms with E-state index in [-0.39, 0.29) is 27.2 Å². The average Bonchev–Trinajstić information content (AvgIpc) is 3.07. The molecule has 0 atom stereocenters. The number of Topliss-reactive ketones (excluding diaryl/α,β-unsaturated/α-hetero) is 1. The van der Waals surface area contributed by atoms with Gasteiger partial charge in [-0.3, -0.25) is 24.0 Å². The Kier molecular flexibility index (Phi) is 7.19. The maximum atomic E-state index is 12.9. The molecule has 2 aliphatic rings. The molecule has 0 radical (unpaired) electrons. The molecule has 2 aromatic rings. The monoisotopic (exact) mass is 512 g/mol. The van der Waals surface area contributed by atoms with E-state index >= 15 is 0 Å². The first-order valence-electron chi connectivity index (χ1n) is 11.6. The Bertz CT molecular complexity index is 1280. The average molecular weight is 513 g/mol. The molecular formula is C26H28N2O5S2. The molecule has 1 saturated carbocycles. The summed E-state index contributed by atoms with van der Waals surface area (Å²) in [5, 5.41) is -0.242. The first-order chi connectivity index (χ1) is 16.6. The summed E-state index contributed by atoms with van der Waals surface area (Å²) >= 11 is 0.942. The number of rotatable bonds is 7. The number of hydrogen-bond acceptors (Lipinski definition) is 6. The second kappa shape index (κ2) is 9.99. The third kappa shape index (κ3) is 5.85. The van der Waals surface area contributed by atoms with Gasteiger partial charge >= 0.3 is 0 Å². The van der Waals surface area contributed by atoms with Crippen molar-refractivity contribution >= 4 is 50.5 Å². The van der Waals surface area contributed by atoms with Crippen molar-refractivity contribution in [3.05, 3.63) is 64.6 Å². The number of nitrogens with zero attached hydrogens (tertiary/aromatic N) is 1. The molecule has 1 N–H and O–H groups in total. The molecule has 1 aliphatic carbocycles.